The van der Waals surface area contributed by atoms with E-state index in [1.165, 1.54) is 19.1 Å². The molecule has 1 heteroatoms. The summed E-state index contributed by atoms with van der Waals surface area (Å²) in [5.74, 6) is 0. The first kappa shape index (κ1) is 8.50. The molecule has 1 spiro atoms. The molecule has 0 aromatic heterocycles. The first-order chi connectivity index (χ1) is 9.06. The zero-order valence-corrected chi connectivity index (χ0v) is 14.8. The standard InChI is InChI=1S/C13H21.C5H5.Zr/c1-3-5-8-12-10-7-11-13(12)9-6-4-2;1-2-4-5-3-1;/h7,10-11H,3-6,8-9H2,1-2H3;1-5H;. The average molecular weight is 334 g/mol. The van der Waals surface area contributed by atoms with Crippen molar-refractivity contribution in [3.63, 3.8) is 0 Å². The Morgan fingerprint density at radius 1 is 0.684 bits per heavy atom. The third kappa shape index (κ3) is 0.0951. The van der Waals surface area contributed by atoms with Crippen molar-refractivity contribution in [2.24, 2.45) is 0 Å². The summed E-state index contributed by atoms with van der Waals surface area (Å²) in [5.41, 5.74) is 0. The van der Waals surface area contributed by atoms with Crippen LogP contribution >= 0.6 is 0 Å². The van der Waals surface area contributed by atoms with Crippen molar-refractivity contribution in [1.82, 2.24) is 0 Å². The summed E-state index contributed by atoms with van der Waals surface area (Å²) in [5, 5.41) is 0. The third-order valence-electron chi connectivity index (χ3n) is 23.2. The van der Waals surface area contributed by atoms with Crippen LogP contribution in [0.3, 0.4) is 0 Å². The van der Waals surface area contributed by atoms with Crippen molar-refractivity contribution in [2.75, 3.05) is 0 Å². The second kappa shape index (κ2) is 0.782. The molecule has 0 radical (unpaired) electrons. The van der Waals surface area contributed by atoms with Gasteiger partial charge in [0.15, 0.2) is 0 Å². The molecule has 10 saturated heterocycles. The van der Waals surface area contributed by atoms with E-state index in [9.17, 15) is 0 Å². The zero-order chi connectivity index (χ0) is 12.2. The maximum absolute atomic E-state index is 3.39. The van der Waals surface area contributed by atoms with E-state index in [4.69, 9.17) is 0 Å². The molecule has 10 aliphatic heterocycles. The van der Waals surface area contributed by atoms with E-state index in [-0.39, 0.29) is 0 Å². The first-order valence-electron chi connectivity index (χ1n) is 10.1. The topological polar surface area (TPSA) is 0 Å². The minimum absolute atomic E-state index is 1.23. The van der Waals surface area contributed by atoms with E-state index >= 15 is 0 Å². The van der Waals surface area contributed by atoms with Gasteiger partial charge in [0, 0.05) is 0 Å². The Balaban J connectivity index is 1.43. The van der Waals surface area contributed by atoms with Crippen molar-refractivity contribution in [3.8, 4) is 0 Å². The second-order valence-corrected chi connectivity index (χ2v) is 67.5. The monoisotopic (exact) mass is 332 g/mol. The summed E-state index contributed by atoms with van der Waals surface area (Å²) in [7, 11) is 0. The fourth-order valence-corrected chi connectivity index (χ4v) is 260. The molecule has 0 bridgehead atoms. The van der Waals surface area contributed by atoms with Crippen LogP contribution in [-0.2, 0) is 11.4 Å². The van der Waals surface area contributed by atoms with Crippen molar-refractivity contribution in [1.29, 1.82) is 0 Å². The molecule has 0 amide bonds. The van der Waals surface area contributed by atoms with Gasteiger partial charge in [-0.2, -0.15) is 0 Å². The molecule has 0 aromatic rings. The van der Waals surface area contributed by atoms with Crippen LogP contribution < -0.4 is 0 Å². The van der Waals surface area contributed by atoms with E-state index in [0.29, 0.717) is 0 Å². The van der Waals surface area contributed by atoms with Gasteiger partial charge in [-0.15, -0.1) is 0 Å². The predicted octanol–water partition coefficient (Wildman–Crippen LogP) is 6.50. The van der Waals surface area contributed by atoms with Gasteiger partial charge in [-0.25, -0.2) is 0 Å². The molecule has 4 atom stereocenters. The Kier molecular flexibility index (Phi) is 0.350. The number of hydrogen-bond acceptors (Lipinski definition) is 0. The summed E-state index contributed by atoms with van der Waals surface area (Å²) < 4.78 is 15.0. The fourth-order valence-electron chi connectivity index (χ4n) is 28.2. The molecular weight excluding hydrogens is 307 g/mol. The molecule has 102 valence electrons. The number of fused-ring (bicyclic) bond motifs is 10. The SMILES string of the molecule is CCCC[C]12[CH]3[CH]4[CH]5[C]1(CCCC)[Zr]43521678[CH]2[CH]1[CH]6[CH]7[CH]28. The van der Waals surface area contributed by atoms with Gasteiger partial charge in [-0.3, -0.25) is 0 Å². The van der Waals surface area contributed by atoms with E-state index in [1.807, 2.05) is 0 Å². The third-order valence-corrected chi connectivity index (χ3v) is 121. The van der Waals surface area contributed by atoms with E-state index in [2.05, 4.69) is 13.8 Å². The zero-order valence-electron chi connectivity index (χ0n) is 12.4. The minimum atomic E-state index is -3.39. The first-order valence-corrected chi connectivity index (χ1v) is 23.9. The molecule has 10 heterocycles. The Hall–Kier alpha value is 0.883. The number of rotatable bonds is 6. The van der Waals surface area contributed by atoms with Crippen molar-refractivity contribution in [3.05, 3.63) is 0 Å². The van der Waals surface area contributed by atoms with Crippen LogP contribution in [0, 0.1) is 0 Å². The molecule has 0 saturated carbocycles. The van der Waals surface area contributed by atoms with Crippen molar-refractivity contribution in [2.45, 2.75) is 87.6 Å². The Morgan fingerprint density at radius 2 is 1.11 bits per heavy atom. The Labute approximate surface area is 98.4 Å². The Morgan fingerprint density at radius 3 is 1.37 bits per heavy atom. The van der Waals surface area contributed by atoms with Crippen LogP contribution in [0.25, 0.3) is 0 Å². The molecule has 0 nitrogen and oxygen atoms in total. The summed E-state index contributed by atoms with van der Waals surface area (Å²) in [6, 6.07) is 0. The molecule has 4 unspecified atom stereocenters. The van der Waals surface area contributed by atoms with Gasteiger partial charge in [-0.1, -0.05) is 0 Å². The maximum atomic E-state index is 2.45. The Bertz CT molecular complexity index is 903. The van der Waals surface area contributed by atoms with Gasteiger partial charge in [0.2, 0.25) is 0 Å². The van der Waals surface area contributed by atoms with Gasteiger partial charge in [0.25, 0.3) is 0 Å². The van der Waals surface area contributed by atoms with Gasteiger partial charge in [0.1, 0.15) is 0 Å². The molecule has 10 fully saturated rings. The molecule has 0 aromatic carbocycles. The molecule has 10 aliphatic rings. The summed E-state index contributed by atoms with van der Waals surface area (Å²) in [6.07, 6.45) is 9.79. The van der Waals surface area contributed by atoms with Crippen molar-refractivity contribution >= 4 is 0 Å². The summed E-state index contributed by atoms with van der Waals surface area (Å²) in [6.45, 7) is 4.90. The van der Waals surface area contributed by atoms with Gasteiger partial charge in [0.05, 0.1) is 0 Å². The summed E-state index contributed by atoms with van der Waals surface area (Å²) in [4.78, 5) is 0. The van der Waals surface area contributed by atoms with Crippen LogP contribution in [0.4, 0.5) is 0 Å². The molecule has 0 aliphatic carbocycles. The van der Waals surface area contributed by atoms with Crippen LogP contribution in [0.15, 0.2) is 0 Å². The van der Waals surface area contributed by atoms with Crippen LogP contribution in [-0.4, -0.2) is 0 Å². The molecule has 19 heavy (non-hydrogen) atoms. The van der Waals surface area contributed by atoms with Crippen LogP contribution in [0.1, 0.15) is 52.4 Å². The van der Waals surface area contributed by atoms with E-state index in [1.54, 1.807) is 54.7 Å². The normalized spacial score (nSPS) is 112. The molecule has 10 rings (SSSR count). The quantitative estimate of drug-likeness (QED) is 0.520. The van der Waals surface area contributed by atoms with Gasteiger partial charge >= 0.3 is 99.0 Å². The van der Waals surface area contributed by atoms with E-state index in [0.717, 1.165) is 0 Å². The molecular formula is C18H26Zr. The number of hydrogen-bond donors (Lipinski definition) is 0. The number of unbranched alkanes of at least 4 members (excludes halogenated alkanes) is 2. The van der Waals surface area contributed by atoms with Gasteiger partial charge < -0.3 is 0 Å². The summed E-state index contributed by atoms with van der Waals surface area (Å²) >= 11 is -3.39. The fraction of sp³-hybridized carbons (Fsp3) is 1.00. The van der Waals surface area contributed by atoms with E-state index < -0.39 is 11.4 Å². The average Bonchev–Trinajstić information content (AvgIpc) is 3.36. The molecule has 0 N–H and O–H groups in total. The van der Waals surface area contributed by atoms with Crippen LogP contribution in [0.5, 0.6) is 0 Å². The second-order valence-electron chi connectivity index (χ2n) is 15.4. The van der Waals surface area contributed by atoms with Crippen LogP contribution in [0.2, 0.25) is 35.3 Å². The van der Waals surface area contributed by atoms with Gasteiger partial charge in [-0.05, 0) is 0 Å². The van der Waals surface area contributed by atoms with Crippen molar-refractivity contribution < 1.29 is 11.4 Å². The predicted molar refractivity (Wildman–Crippen MR) is 74.4 cm³/mol.